The van der Waals surface area contributed by atoms with Crippen molar-refractivity contribution in [2.24, 2.45) is 0 Å². The van der Waals surface area contributed by atoms with Crippen LogP contribution in [0.4, 0.5) is 0 Å². The van der Waals surface area contributed by atoms with Gasteiger partial charge in [-0.05, 0) is 30.5 Å². The molecular weight excluding hydrogens is 322 g/mol. The van der Waals surface area contributed by atoms with Crippen LogP contribution in [0.1, 0.15) is 49.7 Å². The molecule has 0 spiro atoms. The zero-order valence-corrected chi connectivity index (χ0v) is 15.9. The van der Waals surface area contributed by atoms with E-state index >= 15 is 0 Å². The second-order valence-electron chi connectivity index (χ2n) is 7.17. The van der Waals surface area contributed by atoms with Gasteiger partial charge in [0.15, 0.2) is 0 Å². The Balaban J connectivity index is 1.78. The first-order valence-corrected chi connectivity index (χ1v) is 9.74. The fourth-order valence-electron chi connectivity index (χ4n) is 3.66. The molecule has 2 atom stereocenters. The Morgan fingerprint density at radius 1 is 1.12 bits per heavy atom. The summed E-state index contributed by atoms with van der Waals surface area (Å²) in [6.07, 6.45) is 3.64. The fraction of sp³-hybridized carbons (Fsp3) is 0.435. The minimum absolute atomic E-state index is 0.0914. The maximum atomic E-state index is 12.5. The second kappa shape index (κ2) is 8.88. The maximum absolute atomic E-state index is 12.5. The number of hydrogen-bond acceptors (Lipinski definition) is 2. The van der Waals surface area contributed by atoms with Crippen LogP contribution >= 0.6 is 0 Å². The minimum atomic E-state index is 0.0914. The summed E-state index contributed by atoms with van der Waals surface area (Å²) in [6.45, 7) is 5.73. The summed E-state index contributed by atoms with van der Waals surface area (Å²) in [4.78, 5) is 14.6. The Bertz CT molecular complexity index is 713. The lowest BCUT2D eigenvalue weighted by atomic mass is 9.87. The van der Waals surface area contributed by atoms with Crippen LogP contribution in [0.25, 0.3) is 0 Å². The molecule has 0 unspecified atom stereocenters. The average molecular weight is 351 g/mol. The largest absolute Gasteiger partial charge is 0.489 e. The SMILES string of the molecule is CCCCC(=O)N1CC[C@@H](Oc2ccccc2C)[C@H](c2ccccc2)C1. The highest BCUT2D eigenvalue weighted by atomic mass is 16.5. The summed E-state index contributed by atoms with van der Waals surface area (Å²) in [5.74, 6) is 1.43. The zero-order chi connectivity index (χ0) is 18.4. The van der Waals surface area contributed by atoms with E-state index in [2.05, 4.69) is 44.2 Å². The van der Waals surface area contributed by atoms with Gasteiger partial charge in [0.25, 0.3) is 0 Å². The Labute approximate surface area is 157 Å². The van der Waals surface area contributed by atoms with E-state index < -0.39 is 0 Å². The predicted molar refractivity (Wildman–Crippen MR) is 106 cm³/mol. The monoisotopic (exact) mass is 351 g/mol. The molecule has 1 fully saturated rings. The molecule has 0 aromatic heterocycles. The van der Waals surface area contributed by atoms with E-state index in [1.807, 2.05) is 29.2 Å². The highest BCUT2D eigenvalue weighted by Crippen LogP contribution is 2.32. The first-order chi connectivity index (χ1) is 12.7. The van der Waals surface area contributed by atoms with Crippen molar-refractivity contribution in [2.45, 2.75) is 51.6 Å². The summed E-state index contributed by atoms with van der Waals surface area (Å²) in [5.41, 5.74) is 2.40. The standard InChI is InChI=1S/C23H29NO2/c1-3-4-14-23(25)24-16-15-22(26-21-13-9-8-10-18(21)2)20(17-24)19-11-6-5-7-12-19/h5-13,20,22H,3-4,14-17H2,1-2H3/t20-,22+/m0/s1. The number of rotatable bonds is 6. The number of unbranched alkanes of at least 4 members (excludes halogenated alkanes) is 1. The molecular formula is C23H29NO2. The molecule has 1 amide bonds. The van der Waals surface area contributed by atoms with E-state index in [0.717, 1.165) is 43.7 Å². The van der Waals surface area contributed by atoms with Crippen molar-refractivity contribution in [3.05, 3.63) is 65.7 Å². The first-order valence-electron chi connectivity index (χ1n) is 9.74. The van der Waals surface area contributed by atoms with Gasteiger partial charge in [-0.2, -0.15) is 0 Å². The Morgan fingerprint density at radius 3 is 2.58 bits per heavy atom. The molecule has 0 N–H and O–H groups in total. The van der Waals surface area contributed by atoms with E-state index in [1.54, 1.807) is 0 Å². The molecule has 0 bridgehead atoms. The molecule has 1 aliphatic heterocycles. The molecule has 2 aromatic rings. The number of carbonyl (C=O) groups excluding carboxylic acids is 1. The number of nitrogens with zero attached hydrogens (tertiary/aromatic N) is 1. The van der Waals surface area contributed by atoms with Crippen molar-refractivity contribution in [1.82, 2.24) is 4.90 Å². The second-order valence-corrected chi connectivity index (χ2v) is 7.17. The third kappa shape index (κ3) is 4.46. The van der Waals surface area contributed by atoms with Crippen LogP contribution in [-0.2, 0) is 4.79 Å². The predicted octanol–water partition coefficient (Wildman–Crippen LogP) is 4.95. The number of piperidine rings is 1. The van der Waals surface area contributed by atoms with Crippen LogP contribution < -0.4 is 4.74 Å². The number of carbonyl (C=O) groups is 1. The smallest absolute Gasteiger partial charge is 0.222 e. The van der Waals surface area contributed by atoms with Crippen LogP contribution in [0.15, 0.2) is 54.6 Å². The van der Waals surface area contributed by atoms with Gasteiger partial charge in [0.1, 0.15) is 11.9 Å². The summed E-state index contributed by atoms with van der Waals surface area (Å²) in [7, 11) is 0. The van der Waals surface area contributed by atoms with Crippen molar-refractivity contribution >= 4 is 5.91 Å². The van der Waals surface area contributed by atoms with Gasteiger partial charge in [-0.15, -0.1) is 0 Å². The van der Waals surface area contributed by atoms with Crippen molar-refractivity contribution < 1.29 is 9.53 Å². The van der Waals surface area contributed by atoms with Crippen molar-refractivity contribution in [1.29, 1.82) is 0 Å². The van der Waals surface area contributed by atoms with Gasteiger partial charge in [-0.25, -0.2) is 0 Å². The van der Waals surface area contributed by atoms with E-state index in [0.29, 0.717) is 6.42 Å². The van der Waals surface area contributed by atoms with Gasteiger partial charge < -0.3 is 9.64 Å². The molecule has 3 nitrogen and oxygen atoms in total. The zero-order valence-electron chi connectivity index (χ0n) is 15.9. The van der Waals surface area contributed by atoms with E-state index in [4.69, 9.17) is 4.74 Å². The van der Waals surface area contributed by atoms with Gasteiger partial charge in [-0.3, -0.25) is 4.79 Å². The lowest BCUT2D eigenvalue weighted by Gasteiger charge is -2.39. The molecule has 1 saturated heterocycles. The van der Waals surface area contributed by atoms with Gasteiger partial charge in [-0.1, -0.05) is 61.9 Å². The third-order valence-electron chi connectivity index (χ3n) is 5.25. The number of para-hydroxylation sites is 1. The van der Waals surface area contributed by atoms with Crippen LogP contribution in [-0.4, -0.2) is 30.0 Å². The number of likely N-dealkylation sites (tertiary alicyclic amines) is 1. The van der Waals surface area contributed by atoms with Gasteiger partial charge >= 0.3 is 0 Å². The number of benzene rings is 2. The summed E-state index contributed by atoms with van der Waals surface area (Å²) in [5, 5.41) is 0. The van der Waals surface area contributed by atoms with Crippen molar-refractivity contribution in [3.63, 3.8) is 0 Å². The molecule has 1 heterocycles. The molecule has 2 aromatic carbocycles. The Morgan fingerprint density at radius 2 is 1.85 bits per heavy atom. The Hall–Kier alpha value is -2.29. The van der Waals surface area contributed by atoms with Crippen LogP contribution in [0.2, 0.25) is 0 Å². The quantitative estimate of drug-likeness (QED) is 0.737. The topological polar surface area (TPSA) is 29.5 Å². The van der Waals surface area contributed by atoms with Crippen LogP contribution in [0.3, 0.4) is 0 Å². The van der Waals surface area contributed by atoms with E-state index in [-0.39, 0.29) is 17.9 Å². The highest BCUT2D eigenvalue weighted by Gasteiger charge is 2.33. The lowest BCUT2D eigenvalue weighted by molar-refractivity contribution is -0.133. The molecule has 3 heteroatoms. The van der Waals surface area contributed by atoms with Gasteiger partial charge in [0, 0.05) is 31.8 Å². The number of amides is 1. The molecule has 0 aliphatic carbocycles. The summed E-state index contributed by atoms with van der Waals surface area (Å²) < 4.78 is 6.42. The van der Waals surface area contributed by atoms with E-state index in [9.17, 15) is 4.79 Å². The highest BCUT2D eigenvalue weighted by molar-refractivity contribution is 5.76. The van der Waals surface area contributed by atoms with Gasteiger partial charge in [0.2, 0.25) is 5.91 Å². The lowest BCUT2D eigenvalue weighted by Crippen LogP contribution is -2.46. The summed E-state index contributed by atoms with van der Waals surface area (Å²) >= 11 is 0. The molecule has 0 radical (unpaired) electrons. The molecule has 26 heavy (non-hydrogen) atoms. The number of aryl methyl sites for hydroxylation is 1. The minimum Gasteiger partial charge on any atom is -0.489 e. The fourth-order valence-corrected chi connectivity index (χ4v) is 3.66. The van der Waals surface area contributed by atoms with Crippen LogP contribution in [0.5, 0.6) is 5.75 Å². The molecule has 3 rings (SSSR count). The molecule has 0 saturated carbocycles. The normalized spacial score (nSPS) is 20.0. The van der Waals surface area contributed by atoms with Gasteiger partial charge in [0.05, 0.1) is 0 Å². The Kier molecular flexibility index (Phi) is 6.32. The average Bonchev–Trinajstić information content (AvgIpc) is 2.69. The third-order valence-corrected chi connectivity index (χ3v) is 5.25. The van der Waals surface area contributed by atoms with Crippen molar-refractivity contribution in [2.75, 3.05) is 13.1 Å². The molecule has 1 aliphatic rings. The van der Waals surface area contributed by atoms with Crippen molar-refractivity contribution in [3.8, 4) is 5.75 Å². The number of ether oxygens (including phenoxy) is 1. The van der Waals surface area contributed by atoms with Crippen LogP contribution in [0, 0.1) is 6.92 Å². The first kappa shape index (κ1) is 18.5. The molecule has 138 valence electrons. The maximum Gasteiger partial charge on any atom is 0.222 e. The van der Waals surface area contributed by atoms with E-state index in [1.165, 1.54) is 5.56 Å². The summed E-state index contributed by atoms with van der Waals surface area (Å²) in [6, 6.07) is 18.6. The number of hydrogen-bond donors (Lipinski definition) is 0.